The average Bonchev–Trinajstić information content (AvgIpc) is 3.83. The third kappa shape index (κ3) is 3.80. The molecule has 0 radical (unpaired) electrons. The number of hydrogen-bond donors (Lipinski definition) is 0. The largest absolute Gasteiger partial charge is 0.309 e. The van der Waals surface area contributed by atoms with E-state index in [2.05, 4.69) is 168 Å². The van der Waals surface area contributed by atoms with E-state index in [9.17, 15) is 0 Å². The molecule has 0 saturated carbocycles. The van der Waals surface area contributed by atoms with Crippen molar-refractivity contribution in [2.75, 3.05) is 0 Å². The quantitative estimate of drug-likeness (QED) is 0.174. The summed E-state index contributed by atoms with van der Waals surface area (Å²) in [6.07, 6.45) is 7.21. The van der Waals surface area contributed by atoms with E-state index in [4.69, 9.17) is 0 Å². The first-order valence-corrected chi connectivity index (χ1v) is 19.8. The van der Waals surface area contributed by atoms with Crippen LogP contribution in [-0.4, -0.2) is 4.57 Å². The highest BCUT2D eigenvalue weighted by atomic mass is 32.2. The van der Waals surface area contributed by atoms with Gasteiger partial charge in [-0.3, -0.25) is 0 Å². The molecule has 3 heterocycles. The molecule has 1 nitrogen and oxygen atoms in total. The predicted molar refractivity (Wildman–Crippen MR) is 221 cm³/mol. The zero-order chi connectivity index (χ0) is 34.0. The summed E-state index contributed by atoms with van der Waals surface area (Å²) in [5.41, 5.74) is 14.2. The summed E-state index contributed by atoms with van der Waals surface area (Å²) in [6, 6.07) is 57.2. The molecule has 0 atom stereocenters. The number of hydrogen-bond acceptors (Lipinski definition) is 2. The lowest BCUT2D eigenvalue weighted by atomic mass is 9.66. The highest BCUT2D eigenvalue weighted by molar-refractivity contribution is 7.99. The van der Waals surface area contributed by atoms with Gasteiger partial charge >= 0.3 is 0 Å². The summed E-state index contributed by atoms with van der Waals surface area (Å²) in [7, 11) is 0. The molecule has 3 heteroatoms. The second-order valence-electron chi connectivity index (χ2n) is 14.3. The predicted octanol–water partition coefficient (Wildman–Crippen LogP) is 13.7. The van der Waals surface area contributed by atoms with Gasteiger partial charge < -0.3 is 4.57 Å². The SMILES string of the molecule is C1=C2C(=CCC1)C1(c3ccccc3Sc3ccccc31)c1cc3c(cc12)c1ccccc1n3-c1cccc(-c2ccc3sc4ccccc4c3c2)c1. The Balaban J connectivity index is 1.14. The minimum atomic E-state index is -0.365. The van der Waals surface area contributed by atoms with Crippen molar-refractivity contribution in [3.05, 3.63) is 192 Å². The molecular weight excluding hydrogens is 667 g/mol. The van der Waals surface area contributed by atoms with E-state index in [1.807, 2.05) is 23.1 Å². The van der Waals surface area contributed by atoms with Crippen LogP contribution in [0.25, 0.3) is 64.4 Å². The number of aromatic nitrogens is 1. The molecule has 0 saturated heterocycles. The molecule has 0 bridgehead atoms. The van der Waals surface area contributed by atoms with Crippen molar-refractivity contribution in [3.63, 3.8) is 0 Å². The number of allylic oxidation sites excluding steroid dienone is 4. The lowest BCUT2D eigenvalue weighted by Gasteiger charge is -2.40. The summed E-state index contributed by atoms with van der Waals surface area (Å²) in [5, 5.41) is 5.26. The number of para-hydroxylation sites is 1. The van der Waals surface area contributed by atoms with Crippen LogP contribution in [0.5, 0.6) is 0 Å². The summed E-state index contributed by atoms with van der Waals surface area (Å²) in [4.78, 5) is 2.70. The number of benzene rings is 7. The van der Waals surface area contributed by atoms with Gasteiger partial charge in [-0.2, -0.15) is 0 Å². The highest BCUT2D eigenvalue weighted by Gasteiger charge is 2.52. The maximum Gasteiger partial charge on any atom is 0.0732 e. The first-order valence-electron chi connectivity index (χ1n) is 18.2. The van der Waals surface area contributed by atoms with Crippen LogP contribution in [0, 0.1) is 0 Å². The first kappa shape index (κ1) is 29.0. The lowest BCUT2D eigenvalue weighted by molar-refractivity contribution is 0.716. The average molecular weight is 698 g/mol. The Bertz CT molecular complexity index is 3010. The van der Waals surface area contributed by atoms with E-state index in [0.717, 1.165) is 12.8 Å². The Morgan fingerprint density at radius 2 is 1.19 bits per heavy atom. The van der Waals surface area contributed by atoms with Crippen molar-refractivity contribution in [2.45, 2.75) is 28.0 Å². The second kappa shape index (κ2) is 10.7. The molecule has 12 rings (SSSR count). The Labute approximate surface area is 310 Å². The van der Waals surface area contributed by atoms with Crippen molar-refractivity contribution in [1.82, 2.24) is 4.57 Å². The summed E-state index contributed by atoms with van der Waals surface area (Å²) < 4.78 is 5.19. The number of rotatable bonds is 2. The minimum Gasteiger partial charge on any atom is -0.309 e. The molecule has 1 aliphatic heterocycles. The fourth-order valence-electron chi connectivity index (χ4n) is 9.56. The molecule has 7 aromatic carbocycles. The molecule has 2 aliphatic carbocycles. The third-order valence-electron chi connectivity index (χ3n) is 11.7. The number of nitrogens with zero attached hydrogens (tertiary/aromatic N) is 1. The molecule has 0 N–H and O–H groups in total. The third-order valence-corrected chi connectivity index (χ3v) is 14.0. The van der Waals surface area contributed by atoms with Gasteiger partial charge in [0.25, 0.3) is 0 Å². The van der Waals surface area contributed by atoms with Crippen LogP contribution >= 0.6 is 23.1 Å². The molecule has 244 valence electrons. The molecular formula is C49H31NS2. The Kier molecular flexibility index (Phi) is 5.98. The van der Waals surface area contributed by atoms with Gasteiger partial charge in [-0.05, 0) is 118 Å². The molecule has 0 unspecified atom stereocenters. The molecule has 2 aromatic heterocycles. The van der Waals surface area contributed by atoms with Crippen molar-refractivity contribution < 1.29 is 0 Å². The maximum atomic E-state index is 2.56. The fraction of sp³-hybridized carbons (Fsp3) is 0.0612. The van der Waals surface area contributed by atoms with Crippen LogP contribution in [-0.2, 0) is 5.41 Å². The van der Waals surface area contributed by atoms with Crippen LogP contribution in [0.3, 0.4) is 0 Å². The van der Waals surface area contributed by atoms with Gasteiger partial charge in [0.1, 0.15) is 0 Å². The van der Waals surface area contributed by atoms with Gasteiger partial charge in [-0.25, -0.2) is 0 Å². The van der Waals surface area contributed by atoms with Gasteiger partial charge in [0, 0.05) is 46.4 Å². The van der Waals surface area contributed by atoms with Crippen LogP contribution < -0.4 is 0 Å². The van der Waals surface area contributed by atoms with Gasteiger partial charge in [0.15, 0.2) is 0 Å². The maximum absolute atomic E-state index is 2.56. The van der Waals surface area contributed by atoms with Crippen LogP contribution in [0.1, 0.15) is 35.1 Å². The molecule has 0 fully saturated rings. The van der Waals surface area contributed by atoms with Gasteiger partial charge in [0.05, 0.1) is 16.4 Å². The van der Waals surface area contributed by atoms with Gasteiger partial charge in [0.2, 0.25) is 0 Å². The smallest absolute Gasteiger partial charge is 0.0732 e. The molecule has 9 aromatic rings. The van der Waals surface area contributed by atoms with Crippen molar-refractivity contribution in [3.8, 4) is 16.8 Å². The second-order valence-corrected chi connectivity index (χ2v) is 16.5. The molecule has 3 aliphatic rings. The Morgan fingerprint density at radius 3 is 2.06 bits per heavy atom. The first-order chi connectivity index (χ1) is 25.8. The lowest BCUT2D eigenvalue weighted by Crippen LogP contribution is -2.32. The van der Waals surface area contributed by atoms with E-state index in [1.165, 1.54) is 102 Å². The van der Waals surface area contributed by atoms with Crippen molar-refractivity contribution in [1.29, 1.82) is 0 Å². The molecule has 1 spiro atoms. The minimum absolute atomic E-state index is 0.365. The topological polar surface area (TPSA) is 4.93 Å². The zero-order valence-corrected chi connectivity index (χ0v) is 29.9. The summed E-state index contributed by atoms with van der Waals surface area (Å²) in [6.45, 7) is 0. The normalized spacial score (nSPS) is 15.5. The number of thiophene rings is 1. The van der Waals surface area contributed by atoms with Crippen LogP contribution in [0.4, 0.5) is 0 Å². The van der Waals surface area contributed by atoms with E-state index >= 15 is 0 Å². The van der Waals surface area contributed by atoms with E-state index in [0.29, 0.717) is 0 Å². The van der Waals surface area contributed by atoms with Crippen LogP contribution in [0.2, 0.25) is 0 Å². The van der Waals surface area contributed by atoms with Crippen molar-refractivity contribution >= 4 is 70.6 Å². The van der Waals surface area contributed by atoms with Gasteiger partial charge in [-0.1, -0.05) is 115 Å². The Hall–Kier alpha value is -5.61. The summed E-state index contributed by atoms with van der Waals surface area (Å²) in [5.74, 6) is 0. The number of fused-ring (bicyclic) bond motifs is 15. The highest BCUT2D eigenvalue weighted by Crippen LogP contribution is 2.64. The summed E-state index contributed by atoms with van der Waals surface area (Å²) >= 11 is 3.79. The molecule has 0 amide bonds. The van der Waals surface area contributed by atoms with Crippen LogP contribution in [0.15, 0.2) is 179 Å². The molecule has 52 heavy (non-hydrogen) atoms. The monoisotopic (exact) mass is 697 g/mol. The van der Waals surface area contributed by atoms with E-state index < -0.39 is 0 Å². The fourth-order valence-corrected chi connectivity index (χ4v) is 11.8. The Morgan fingerprint density at radius 1 is 0.481 bits per heavy atom. The van der Waals surface area contributed by atoms with Gasteiger partial charge in [-0.15, -0.1) is 11.3 Å². The standard InChI is InChI=1S/C49H31NS2/c1-4-17-39-33(14-1)36-28-37-34-15-2-7-20-43(34)50(32-13-11-12-30(26-32)31-24-25-46-38(27-31)35-16-3-8-21-45(35)51-46)44(37)29-42(36)49(39)40-18-5-9-22-47(40)52-48-23-10-6-19-41(48)49/h2-3,5-29H,1,4H2. The van der Waals surface area contributed by atoms with E-state index in [1.54, 1.807) is 0 Å². The van der Waals surface area contributed by atoms with E-state index in [-0.39, 0.29) is 5.41 Å². The van der Waals surface area contributed by atoms with Crippen molar-refractivity contribution in [2.24, 2.45) is 0 Å². The zero-order valence-electron chi connectivity index (χ0n) is 28.3.